The van der Waals surface area contributed by atoms with Crippen molar-refractivity contribution in [1.29, 1.82) is 0 Å². The minimum atomic E-state index is -0.730. The van der Waals surface area contributed by atoms with E-state index < -0.39 is 5.79 Å². The lowest BCUT2D eigenvalue weighted by molar-refractivity contribution is 0.280. The molecule has 5 heteroatoms. The van der Waals surface area contributed by atoms with Crippen LogP contribution >= 0.6 is 0 Å². The molecular weight excluding hydrogens is 190 g/mol. The maximum atomic E-state index is 5.91. The topological polar surface area (TPSA) is 88.5 Å². The number of benzene rings is 1. The maximum Gasteiger partial charge on any atom is 0.193 e. The first-order valence-electron chi connectivity index (χ1n) is 4.80. The van der Waals surface area contributed by atoms with Crippen molar-refractivity contribution in [2.45, 2.75) is 18.9 Å². The van der Waals surface area contributed by atoms with E-state index in [9.17, 15) is 0 Å². The molecule has 1 aliphatic heterocycles. The Kier molecular flexibility index (Phi) is 2.34. The Morgan fingerprint density at radius 3 is 2.60 bits per heavy atom. The van der Waals surface area contributed by atoms with Crippen molar-refractivity contribution in [3.8, 4) is 0 Å². The molecule has 1 heterocycles. The van der Waals surface area contributed by atoms with Gasteiger partial charge in [0.05, 0.1) is 0 Å². The molecule has 0 aromatic heterocycles. The molecule has 80 valence electrons. The molecule has 0 aliphatic carbocycles. The summed E-state index contributed by atoms with van der Waals surface area (Å²) in [5.41, 5.74) is 12.6. The number of guanidine groups is 1. The number of nitrogens with two attached hydrogens (primary N) is 2. The summed E-state index contributed by atoms with van der Waals surface area (Å²) in [5.74, 6) is -0.376. The molecule has 2 atom stereocenters. The quantitative estimate of drug-likeness (QED) is 0.512. The van der Waals surface area contributed by atoms with Crippen LogP contribution in [0.2, 0.25) is 0 Å². The minimum absolute atomic E-state index is 0.192. The van der Waals surface area contributed by atoms with Crippen molar-refractivity contribution in [3.05, 3.63) is 35.9 Å². The molecule has 1 aromatic rings. The van der Waals surface area contributed by atoms with Crippen LogP contribution in [0.4, 0.5) is 0 Å². The highest BCUT2D eigenvalue weighted by Gasteiger charge is 2.28. The fraction of sp³-hybridized carbons (Fsp3) is 0.300. The van der Waals surface area contributed by atoms with E-state index in [1.54, 1.807) is 0 Å². The van der Waals surface area contributed by atoms with Gasteiger partial charge in [0.1, 0.15) is 12.0 Å². The first-order chi connectivity index (χ1) is 7.07. The van der Waals surface area contributed by atoms with Crippen molar-refractivity contribution in [2.24, 2.45) is 16.5 Å². The van der Waals surface area contributed by atoms with Crippen molar-refractivity contribution >= 4 is 5.96 Å². The van der Waals surface area contributed by atoms with Crippen molar-refractivity contribution in [1.82, 2.24) is 10.6 Å². The summed E-state index contributed by atoms with van der Waals surface area (Å²) in [6.07, 6.45) is -0.192. The Morgan fingerprint density at radius 2 is 2.00 bits per heavy atom. The predicted molar refractivity (Wildman–Crippen MR) is 59.7 cm³/mol. The highest BCUT2D eigenvalue weighted by Crippen LogP contribution is 2.17. The van der Waals surface area contributed by atoms with Crippen LogP contribution in [0, 0.1) is 0 Å². The zero-order chi connectivity index (χ0) is 10.9. The fourth-order valence-electron chi connectivity index (χ4n) is 1.58. The second kappa shape index (κ2) is 3.52. The van der Waals surface area contributed by atoms with Crippen LogP contribution < -0.4 is 22.1 Å². The fourth-order valence-corrected chi connectivity index (χ4v) is 1.58. The van der Waals surface area contributed by atoms with Gasteiger partial charge in [-0.15, -0.1) is 0 Å². The van der Waals surface area contributed by atoms with Crippen LogP contribution in [0.3, 0.4) is 0 Å². The van der Waals surface area contributed by atoms with Crippen LogP contribution in [0.5, 0.6) is 0 Å². The third kappa shape index (κ3) is 2.26. The molecule has 2 unspecified atom stereocenters. The largest absolute Gasteiger partial charge is 0.370 e. The van der Waals surface area contributed by atoms with Crippen molar-refractivity contribution in [2.75, 3.05) is 0 Å². The molecule has 0 radical (unpaired) electrons. The summed E-state index contributed by atoms with van der Waals surface area (Å²) in [4.78, 5) is 4.24. The van der Waals surface area contributed by atoms with Gasteiger partial charge in [0.15, 0.2) is 5.96 Å². The predicted octanol–water partition coefficient (Wildman–Crippen LogP) is -0.175. The number of aliphatic imine (C=N–C) groups is 1. The normalized spacial score (nSPS) is 30.5. The third-order valence-corrected chi connectivity index (χ3v) is 2.21. The van der Waals surface area contributed by atoms with Gasteiger partial charge in [-0.05, 0) is 12.5 Å². The Balaban J connectivity index is 2.28. The van der Waals surface area contributed by atoms with Gasteiger partial charge in [0.2, 0.25) is 0 Å². The Labute approximate surface area is 88.6 Å². The number of hydrogen-bond acceptors (Lipinski definition) is 5. The molecule has 15 heavy (non-hydrogen) atoms. The molecule has 0 amide bonds. The highest BCUT2D eigenvalue weighted by atomic mass is 15.4. The van der Waals surface area contributed by atoms with E-state index in [4.69, 9.17) is 11.5 Å². The molecular formula is C10H15N5. The van der Waals surface area contributed by atoms with Gasteiger partial charge >= 0.3 is 0 Å². The van der Waals surface area contributed by atoms with E-state index in [1.807, 2.05) is 37.3 Å². The average Bonchev–Trinajstić information content (AvgIpc) is 2.16. The van der Waals surface area contributed by atoms with E-state index in [0.717, 1.165) is 5.56 Å². The lowest BCUT2D eigenvalue weighted by Gasteiger charge is -2.35. The van der Waals surface area contributed by atoms with Gasteiger partial charge in [-0.3, -0.25) is 11.1 Å². The lowest BCUT2D eigenvalue weighted by Crippen LogP contribution is -2.68. The van der Waals surface area contributed by atoms with Crippen molar-refractivity contribution < 1.29 is 0 Å². The molecule has 6 N–H and O–H groups in total. The van der Waals surface area contributed by atoms with Gasteiger partial charge < -0.3 is 11.1 Å². The Hall–Kier alpha value is -1.59. The maximum absolute atomic E-state index is 5.91. The summed E-state index contributed by atoms with van der Waals surface area (Å²) < 4.78 is 0. The molecule has 1 aromatic carbocycles. The molecule has 0 fully saturated rings. The van der Waals surface area contributed by atoms with E-state index in [-0.39, 0.29) is 6.17 Å². The second-order valence-corrected chi connectivity index (χ2v) is 3.80. The number of nitrogens with zero attached hydrogens (tertiary/aromatic N) is 1. The number of rotatable bonds is 1. The molecule has 2 rings (SSSR count). The van der Waals surface area contributed by atoms with Crippen molar-refractivity contribution in [3.63, 3.8) is 0 Å². The first-order valence-corrected chi connectivity index (χ1v) is 4.80. The SMILES string of the molecule is CC1(N)NC(N)=NC(c2ccccc2)N1. The summed E-state index contributed by atoms with van der Waals surface area (Å²) in [7, 11) is 0. The van der Waals surface area contributed by atoms with E-state index in [0.29, 0.717) is 5.96 Å². The monoisotopic (exact) mass is 205 g/mol. The Bertz CT molecular complexity index is 371. The van der Waals surface area contributed by atoms with Crippen LogP contribution in [0.1, 0.15) is 18.7 Å². The van der Waals surface area contributed by atoms with Gasteiger partial charge in [0.25, 0.3) is 0 Å². The number of hydrogen-bond donors (Lipinski definition) is 4. The van der Waals surface area contributed by atoms with Crippen LogP contribution in [-0.2, 0) is 0 Å². The smallest absolute Gasteiger partial charge is 0.193 e. The Morgan fingerprint density at radius 1 is 1.33 bits per heavy atom. The molecule has 0 spiro atoms. The van der Waals surface area contributed by atoms with Gasteiger partial charge in [-0.2, -0.15) is 0 Å². The van der Waals surface area contributed by atoms with Crippen LogP contribution in [0.25, 0.3) is 0 Å². The van der Waals surface area contributed by atoms with Gasteiger partial charge in [-0.1, -0.05) is 30.3 Å². The zero-order valence-corrected chi connectivity index (χ0v) is 8.57. The first kappa shape index (κ1) is 9.95. The zero-order valence-electron chi connectivity index (χ0n) is 8.57. The highest BCUT2D eigenvalue weighted by molar-refractivity contribution is 5.79. The number of nitrogens with one attached hydrogen (secondary N) is 2. The molecule has 0 bridgehead atoms. The summed E-state index contributed by atoms with van der Waals surface area (Å²) in [5, 5.41) is 5.99. The van der Waals surface area contributed by atoms with Crippen LogP contribution in [-0.4, -0.2) is 11.7 Å². The summed E-state index contributed by atoms with van der Waals surface area (Å²) in [6, 6.07) is 9.84. The molecule has 0 saturated heterocycles. The molecule has 0 saturated carbocycles. The van der Waals surface area contributed by atoms with E-state index in [2.05, 4.69) is 15.6 Å². The van der Waals surface area contributed by atoms with Crippen LogP contribution in [0.15, 0.2) is 35.3 Å². The minimum Gasteiger partial charge on any atom is -0.370 e. The average molecular weight is 205 g/mol. The third-order valence-electron chi connectivity index (χ3n) is 2.21. The van der Waals surface area contributed by atoms with Gasteiger partial charge in [-0.25, -0.2) is 4.99 Å². The lowest BCUT2D eigenvalue weighted by atomic mass is 10.1. The van der Waals surface area contributed by atoms with E-state index in [1.165, 1.54) is 0 Å². The molecule has 1 aliphatic rings. The van der Waals surface area contributed by atoms with E-state index >= 15 is 0 Å². The van der Waals surface area contributed by atoms with Gasteiger partial charge in [0, 0.05) is 0 Å². The second-order valence-electron chi connectivity index (χ2n) is 3.80. The molecule has 5 nitrogen and oxygen atoms in total. The standard InChI is InChI=1S/C10H15N5/c1-10(12)14-8(13-9(11)15-10)7-5-3-2-4-6-7/h2-6,8,14H,12H2,1H3,(H3,11,13,15). The summed E-state index contributed by atoms with van der Waals surface area (Å²) in [6.45, 7) is 1.81. The summed E-state index contributed by atoms with van der Waals surface area (Å²) >= 11 is 0.